The van der Waals surface area contributed by atoms with Crippen LogP contribution in [0, 0.1) is 11.8 Å². The molecule has 0 amide bonds. The molecule has 4 nitrogen and oxygen atoms in total. The molecule has 0 N–H and O–H groups in total. The quantitative estimate of drug-likeness (QED) is 0.0300. The van der Waals surface area contributed by atoms with Gasteiger partial charge in [0.15, 0.2) is 5.78 Å². The second-order valence-corrected chi connectivity index (χ2v) is 19.1. The van der Waals surface area contributed by atoms with Crippen molar-refractivity contribution < 1.29 is 19.0 Å². The molecule has 0 aromatic heterocycles. The Labute approximate surface area is 383 Å². The largest absolute Gasteiger partial charge is 0.494 e. The normalized spacial score (nSPS) is 13.6. The van der Waals surface area contributed by atoms with Gasteiger partial charge in [0, 0.05) is 32.6 Å². The number of benzene rings is 5. The fourth-order valence-corrected chi connectivity index (χ4v) is 7.95. The molecule has 0 saturated carbocycles. The van der Waals surface area contributed by atoms with Crippen molar-refractivity contribution in [3.05, 3.63) is 186 Å². The highest BCUT2D eigenvalue weighted by Crippen LogP contribution is 2.31. The van der Waals surface area contributed by atoms with E-state index in [2.05, 4.69) is 143 Å². The Morgan fingerprint density at radius 1 is 0.613 bits per heavy atom. The summed E-state index contributed by atoms with van der Waals surface area (Å²) in [5.74, 6) is 2.25. The van der Waals surface area contributed by atoms with Crippen LogP contribution in [0.3, 0.4) is 0 Å². The molecule has 5 aromatic rings. The van der Waals surface area contributed by atoms with Crippen LogP contribution in [0.2, 0.25) is 0 Å². The van der Waals surface area contributed by atoms with Crippen LogP contribution in [0.4, 0.5) is 0 Å². The van der Waals surface area contributed by atoms with Crippen LogP contribution >= 0.6 is 22.6 Å². The van der Waals surface area contributed by atoms with Crippen molar-refractivity contribution in [1.82, 2.24) is 0 Å². The summed E-state index contributed by atoms with van der Waals surface area (Å²) in [6.45, 7) is 31.5. The average Bonchev–Trinajstić information content (AvgIpc) is 3.50. The van der Waals surface area contributed by atoms with Gasteiger partial charge in [-0.3, -0.25) is 4.79 Å². The van der Waals surface area contributed by atoms with E-state index in [4.69, 9.17) is 14.2 Å². The van der Waals surface area contributed by atoms with Crippen LogP contribution in [-0.2, 0) is 20.6 Å². The molecule has 1 aliphatic carbocycles. The van der Waals surface area contributed by atoms with Crippen molar-refractivity contribution in [1.29, 1.82) is 0 Å². The first-order chi connectivity index (χ1) is 29.8. The molecule has 0 heterocycles. The zero-order valence-corrected chi connectivity index (χ0v) is 39.2. The Hall–Kier alpha value is -5.40. The summed E-state index contributed by atoms with van der Waals surface area (Å²) in [5, 5.41) is 4.27. The van der Waals surface area contributed by atoms with Crippen molar-refractivity contribution in [2.45, 2.75) is 70.1 Å². The van der Waals surface area contributed by atoms with Crippen LogP contribution < -0.4 is 0 Å². The van der Waals surface area contributed by atoms with Crippen LogP contribution in [0.1, 0.15) is 104 Å². The number of rotatable bonds is 22. The van der Waals surface area contributed by atoms with Crippen LogP contribution in [-0.4, -0.2) is 29.5 Å². The minimum absolute atomic E-state index is 0.00555. The summed E-state index contributed by atoms with van der Waals surface area (Å²) >= 11 is 2.48. The third kappa shape index (κ3) is 12.4. The van der Waals surface area contributed by atoms with E-state index in [1.807, 2.05) is 49.4 Å². The van der Waals surface area contributed by atoms with Crippen molar-refractivity contribution in [2.75, 3.05) is 19.8 Å². The van der Waals surface area contributed by atoms with Gasteiger partial charge in [0.2, 0.25) is 0 Å². The lowest BCUT2D eigenvalue weighted by Gasteiger charge is -2.17. The molecule has 5 heteroatoms. The summed E-state index contributed by atoms with van der Waals surface area (Å²) in [5.41, 5.74) is 10.6. The highest BCUT2D eigenvalue weighted by atomic mass is 127. The van der Waals surface area contributed by atoms with Gasteiger partial charge in [-0.2, -0.15) is 0 Å². The minimum Gasteiger partial charge on any atom is -0.494 e. The molecule has 0 spiro atoms. The molecule has 1 aliphatic rings. The molecule has 3 atom stereocenters. The number of Topliss-reactive ketones (excluding diaryl/α,β-unsaturated/α-hetero) is 1. The molecule has 0 bridgehead atoms. The molecule has 62 heavy (non-hydrogen) atoms. The van der Waals surface area contributed by atoms with Gasteiger partial charge in [-0.15, -0.1) is 0 Å². The van der Waals surface area contributed by atoms with E-state index < -0.39 is 0 Å². The topological polar surface area (TPSA) is 44.8 Å². The maximum atomic E-state index is 13.3. The number of hydrogen-bond donors (Lipinski definition) is 0. The molecule has 5 aromatic carbocycles. The van der Waals surface area contributed by atoms with Gasteiger partial charge in [-0.05, 0) is 129 Å². The molecule has 0 aliphatic heterocycles. The molecule has 0 radical (unpaired) electrons. The number of ketones is 1. The van der Waals surface area contributed by atoms with Crippen molar-refractivity contribution >= 4 is 78.8 Å². The average molecular weight is 937 g/mol. The van der Waals surface area contributed by atoms with Gasteiger partial charge in [-0.1, -0.05) is 162 Å². The summed E-state index contributed by atoms with van der Waals surface area (Å²) in [7, 11) is 0. The van der Waals surface area contributed by atoms with Gasteiger partial charge in [0.25, 0.3) is 0 Å². The van der Waals surface area contributed by atoms with Gasteiger partial charge in [-0.25, -0.2) is 0 Å². The van der Waals surface area contributed by atoms with Gasteiger partial charge in [0.05, 0.1) is 19.8 Å². The Kier molecular flexibility index (Phi) is 16.1. The van der Waals surface area contributed by atoms with Gasteiger partial charge >= 0.3 is 0 Å². The number of halogens is 1. The molecular formula is C57H61IO4. The Bertz CT molecular complexity index is 2570. The smallest absolute Gasteiger partial charge is 0.163 e. The number of fused-ring (bicyclic) bond motifs is 3. The number of alkyl halides is 1. The number of carbonyl (C=O) groups excluding carboxylic acids is 1. The highest BCUT2D eigenvalue weighted by Gasteiger charge is 2.16. The van der Waals surface area contributed by atoms with E-state index in [1.165, 1.54) is 22.3 Å². The monoisotopic (exact) mass is 936 g/mol. The minimum atomic E-state index is 0.00555. The van der Waals surface area contributed by atoms with E-state index in [1.54, 1.807) is 0 Å². The Morgan fingerprint density at radius 2 is 1.15 bits per heavy atom. The summed E-state index contributed by atoms with van der Waals surface area (Å²) in [4.78, 5) is 13.3. The lowest BCUT2D eigenvalue weighted by Crippen LogP contribution is -2.11. The van der Waals surface area contributed by atoms with E-state index >= 15 is 0 Å². The fraction of sp³-hybridized carbons (Fsp3) is 0.281. The zero-order valence-electron chi connectivity index (χ0n) is 37.0. The van der Waals surface area contributed by atoms with Crippen molar-refractivity contribution in [3.63, 3.8) is 0 Å². The van der Waals surface area contributed by atoms with Crippen LogP contribution in [0.25, 0.3) is 50.5 Å². The van der Waals surface area contributed by atoms with E-state index in [0.717, 1.165) is 81.5 Å². The SMILES string of the molecule is C=C(CCC(C)I)C1=CCc2ccc(C(=C)OCC(C)CC(=C)c3ccc4cc(C(=C)OCC(C)CC(=O)c5ccc6ccc(C(=C)OCCC)cc6c5)ccc4c3)cc2C=C1. The van der Waals surface area contributed by atoms with Crippen LogP contribution in [0.15, 0.2) is 147 Å². The molecule has 0 saturated heterocycles. The fourth-order valence-electron chi connectivity index (χ4n) is 7.64. The summed E-state index contributed by atoms with van der Waals surface area (Å²) < 4.78 is 18.8. The Morgan fingerprint density at radius 3 is 1.81 bits per heavy atom. The second-order valence-electron chi connectivity index (χ2n) is 17.0. The molecule has 320 valence electrons. The third-order valence-corrected chi connectivity index (χ3v) is 12.1. The summed E-state index contributed by atoms with van der Waals surface area (Å²) in [6.07, 6.45) is 11.8. The second kappa shape index (κ2) is 21.6. The maximum absolute atomic E-state index is 13.3. The maximum Gasteiger partial charge on any atom is 0.163 e. The first-order valence-electron chi connectivity index (χ1n) is 21.9. The van der Waals surface area contributed by atoms with Crippen molar-refractivity contribution in [3.8, 4) is 0 Å². The zero-order chi connectivity index (χ0) is 44.3. The molecule has 6 rings (SSSR count). The lowest BCUT2D eigenvalue weighted by molar-refractivity contribution is 0.0943. The molecule has 3 unspecified atom stereocenters. The first-order valence-corrected chi connectivity index (χ1v) is 23.1. The Balaban J connectivity index is 0.967. The number of hydrogen-bond acceptors (Lipinski definition) is 4. The summed E-state index contributed by atoms with van der Waals surface area (Å²) in [6, 6.07) is 31.1. The lowest BCUT2D eigenvalue weighted by atomic mass is 9.94. The molecular weight excluding hydrogens is 876 g/mol. The number of carbonyl (C=O) groups is 1. The third-order valence-electron chi connectivity index (χ3n) is 11.5. The predicted octanol–water partition coefficient (Wildman–Crippen LogP) is 15.7. The van der Waals surface area contributed by atoms with Gasteiger partial charge < -0.3 is 14.2 Å². The van der Waals surface area contributed by atoms with Crippen LogP contribution in [0.5, 0.6) is 0 Å². The van der Waals surface area contributed by atoms with E-state index in [-0.39, 0.29) is 17.6 Å². The van der Waals surface area contributed by atoms with Gasteiger partial charge in [0.1, 0.15) is 17.3 Å². The predicted molar refractivity (Wildman–Crippen MR) is 273 cm³/mol. The highest BCUT2D eigenvalue weighted by molar-refractivity contribution is 14.1. The number of ether oxygens (including phenoxy) is 3. The molecule has 0 fully saturated rings. The van der Waals surface area contributed by atoms with E-state index in [0.29, 0.717) is 53.0 Å². The number of allylic oxidation sites excluding steroid dienone is 5. The first kappa shape index (κ1) is 46.1. The van der Waals surface area contributed by atoms with E-state index in [9.17, 15) is 4.79 Å². The standard InChI is InChI=1S/C57H61IO4/c1-10-27-60-42(7)51-21-17-47-18-26-55(34-56(47)33-51)57(59)29-38(3)36-62-44(9)50-22-25-53-30-48(19-24-54(53)32-50)40(5)28-37(2)35-61-43(8)49-20-16-46-15-13-45(14-23-52(46)31-49)39(4)11-12-41(6)58/h13-14,16-26,30-34,37-38,41H,4-5,7-12,15,27-29,35-36H2,1-3,6H3. The van der Waals surface area contributed by atoms with Crippen molar-refractivity contribution in [2.24, 2.45) is 11.8 Å².